The maximum atomic E-state index is 12.1. The van der Waals surface area contributed by atoms with Crippen molar-refractivity contribution >= 4 is 11.6 Å². The van der Waals surface area contributed by atoms with E-state index in [4.69, 9.17) is 4.74 Å². The lowest BCUT2D eigenvalue weighted by atomic mass is 10.1. The molecule has 0 heterocycles. The van der Waals surface area contributed by atoms with E-state index >= 15 is 0 Å². The summed E-state index contributed by atoms with van der Waals surface area (Å²) in [5.41, 5.74) is 4.25. The monoisotopic (exact) mass is 340 g/mol. The third-order valence-electron chi connectivity index (χ3n) is 4.45. The SMILES string of the molecule is CCN(CC)Cc1ccc(NC(=O)COc2cccc(C)c2C)cc1. The highest BCUT2D eigenvalue weighted by molar-refractivity contribution is 5.91. The molecule has 2 aromatic carbocycles. The summed E-state index contributed by atoms with van der Waals surface area (Å²) in [6.07, 6.45) is 0. The van der Waals surface area contributed by atoms with E-state index in [-0.39, 0.29) is 12.5 Å². The molecule has 0 spiro atoms. The van der Waals surface area contributed by atoms with E-state index in [2.05, 4.69) is 36.2 Å². The van der Waals surface area contributed by atoms with Gasteiger partial charge in [-0.25, -0.2) is 0 Å². The molecule has 0 radical (unpaired) electrons. The number of ether oxygens (including phenoxy) is 1. The summed E-state index contributed by atoms with van der Waals surface area (Å²) in [6, 6.07) is 13.8. The number of benzene rings is 2. The van der Waals surface area contributed by atoms with Gasteiger partial charge in [0, 0.05) is 12.2 Å². The zero-order chi connectivity index (χ0) is 18.2. The highest BCUT2D eigenvalue weighted by Crippen LogP contribution is 2.20. The number of nitrogens with zero attached hydrogens (tertiary/aromatic N) is 1. The molecule has 0 unspecified atom stereocenters. The highest BCUT2D eigenvalue weighted by atomic mass is 16.5. The van der Waals surface area contributed by atoms with Gasteiger partial charge in [0.2, 0.25) is 0 Å². The number of amides is 1. The molecule has 0 aliphatic rings. The lowest BCUT2D eigenvalue weighted by molar-refractivity contribution is -0.118. The molecule has 0 atom stereocenters. The fourth-order valence-electron chi connectivity index (χ4n) is 2.62. The third-order valence-corrected chi connectivity index (χ3v) is 4.45. The summed E-state index contributed by atoms with van der Waals surface area (Å²) in [6.45, 7) is 11.3. The van der Waals surface area contributed by atoms with E-state index < -0.39 is 0 Å². The number of aryl methyl sites for hydroxylation is 1. The van der Waals surface area contributed by atoms with Gasteiger partial charge in [0.05, 0.1) is 0 Å². The fraction of sp³-hybridized carbons (Fsp3) is 0.381. The largest absolute Gasteiger partial charge is 0.483 e. The molecular formula is C21H28N2O2. The van der Waals surface area contributed by atoms with Crippen molar-refractivity contribution in [1.29, 1.82) is 0 Å². The summed E-state index contributed by atoms with van der Waals surface area (Å²) in [4.78, 5) is 14.4. The number of rotatable bonds is 8. The van der Waals surface area contributed by atoms with Crippen molar-refractivity contribution in [2.24, 2.45) is 0 Å². The molecule has 0 aliphatic carbocycles. The van der Waals surface area contributed by atoms with Gasteiger partial charge in [-0.05, 0) is 61.8 Å². The molecular weight excluding hydrogens is 312 g/mol. The van der Waals surface area contributed by atoms with E-state index in [1.807, 2.05) is 44.2 Å². The van der Waals surface area contributed by atoms with E-state index in [1.54, 1.807) is 0 Å². The van der Waals surface area contributed by atoms with Gasteiger partial charge in [0.15, 0.2) is 6.61 Å². The van der Waals surface area contributed by atoms with Gasteiger partial charge in [0.25, 0.3) is 5.91 Å². The predicted octanol–water partition coefficient (Wildman–Crippen LogP) is 4.16. The first kappa shape index (κ1) is 19.0. The molecule has 25 heavy (non-hydrogen) atoms. The average Bonchev–Trinajstić information content (AvgIpc) is 2.62. The van der Waals surface area contributed by atoms with Crippen molar-refractivity contribution in [3.63, 3.8) is 0 Å². The number of carbonyl (C=O) groups excluding carboxylic acids is 1. The van der Waals surface area contributed by atoms with Gasteiger partial charge in [0.1, 0.15) is 5.75 Å². The minimum Gasteiger partial charge on any atom is -0.483 e. The number of hydrogen-bond donors (Lipinski definition) is 1. The summed E-state index contributed by atoms with van der Waals surface area (Å²) >= 11 is 0. The molecule has 0 aromatic heterocycles. The summed E-state index contributed by atoms with van der Waals surface area (Å²) in [5, 5.41) is 2.88. The molecule has 4 heteroatoms. The number of hydrogen-bond acceptors (Lipinski definition) is 3. The van der Waals surface area contributed by atoms with Crippen LogP contribution in [0.3, 0.4) is 0 Å². The first-order valence-electron chi connectivity index (χ1n) is 8.83. The van der Waals surface area contributed by atoms with Gasteiger partial charge in [-0.15, -0.1) is 0 Å². The third kappa shape index (κ3) is 5.61. The highest BCUT2D eigenvalue weighted by Gasteiger charge is 2.07. The molecule has 0 aliphatic heterocycles. The molecule has 0 saturated heterocycles. The lowest BCUT2D eigenvalue weighted by Gasteiger charge is -2.18. The minimum atomic E-state index is -0.155. The van der Waals surface area contributed by atoms with Crippen LogP contribution in [0.5, 0.6) is 5.75 Å². The Hall–Kier alpha value is -2.33. The van der Waals surface area contributed by atoms with Gasteiger partial charge in [-0.2, -0.15) is 0 Å². The molecule has 1 N–H and O–H groups in total. The summed E-state index contributed by atoms with van der Waals surface area (Å²) in [7, 11) is 0. The molecule has 0 bridgehead atoms. The molecule has 0 saturated carbocycles. The molecule has 2 aromatic rings. The van der Waals surface area contributed by atoms with Crippen LogP contribution in [0.4, 0.5) is 5.69 Å². The summed E-state index contributed by atoms with van der Waals surface area (Å²) < 4.78 is 5.64. The van der Waals surface area contributed by atoms with Gasteiger partial charge in [-0.3, -0.25) is 9.69 Å². The molecule has 134 valence electrons. The first-order valence-corrected chi connectivity index (χ1v) is 8.83. The quantitative estimate of drug-likeness (QED) is 0.784. The van der Waals surface area contributed by atoms with Crippen molar-refractivity contribution in [3.8, 4) is 5.75 Å². The van der Waals surface area contributed by atoms with Crippen LogP contribution in [0.2, 0.25) is 0 Å². The number of nitrogens with one attached hydrogen (secondary N) is 1. The van der Waals surface area contributed by atoms with E-state index in [1.165, 1.54) is 5.56 Å². The van der Waals surface area contributed by atoms with Crippen LogP contribution in [-0.4, -0.2) is 30.5 Å². The Balaban J connectivity index is 1.87. The van der Waals surface area contributed by atoms with Crippen molar-refractivity contribution in [3.05, 3.63) is 59.2 Å². The van der Waals surface area contributed by atoms with Crippen molar-refractivity contribution in [1.82, 2.24) is 4.90 Å². The number of carbonyl (C=O) groups is 1. The van der Waals surface area contributed by atoms with Gasteiger partial charge < -0.3 is 10.1 Å². The number of anilines is 1. The van der Waals surface area contributed by atoms with Crippen molar-refractivity contribution < 1.29 is 9.53 Å². The second-order valence-electron chi connectivity index (χ2n) is 6.19. The van der Waals surface area contributed by atoms with Crippen molar-refractivity contribution in [2.45, 2.75) is 34.2 Å². The van der Waals surface area contributed by atoms with Crippen molar-refractivity contribution in [2.75, 3.05) is 25.0 Å². The van der Waals surface area contributed by atoms with Crippen LogP contribution in [-0.2, 0) is 11.3 Å². The maximum absolute atomic E-state index is 12.1. The van der Waals surface area contributed by atoms with Gasteiger partial charge >= 0.3 is 0 Å². The van der Waals surface area contributed by atoms with E-state index in [0.29, 0.717) is 0 Å². The smallest absolute Gasteiger partial charge is 0.262 e. The topological polar surface area (TPSA) is 41.6 Å². The fourth-order valence-corrected chi connectivity index (χ4v) is 2.62. The van der Waals surface area contributed by atoms with Crippen LogP contribution >= 0.6 is 0 Å². The Labute approximate surface area is 150 Å². The normalized spacial score (nSPS) is 10.8. The molecule has 0 fully saturated rings. The predicted molar refractivity (Wildman–Crippen MR) is 103 cm³/mol. The zero-order valence-corrected chi connectivity index (χ0v) is 15.6. The average molecular weight is 340 g/mol. The standard InChI is InChI=1S/C21H28N2O2/c1-5-23(6-2)14-18-10-12-19(13-11-18)22-21(24)15-25-20-9-7-8-16(3)17(20)4/h7-13H,5-6,14-15H2,1-4H3,(H,22,24). The van der Waals surface area contributed by atoms with Crippen LogP contribution in [0, 0.1) is 13.8 Å². The Morgan fingerprint density at radius 3 is 2.36 bits per heavy atom. The Bertz CT molecular complexity index is 692. The second kappa shape index (κ2) is 9.23. The minimum absolute atomic E-state index is 0.00545. The second-order valence-corrected chi connectivity index (χ2v) is 6.19. The van der Waals surface area contributed by atoms with Crippen LogP contribution in [0.1, 0.15) is 30.5 Å². The Morgan fingerprint density at radius 2 is 1.72 bits per heavy atom. The summed E-state index contributed by atoms with van der Waals surface area (Å²) in [5.74, 6) is 0.599. The van der Waals surface area contributed by atoms with Crippen LogP contribution in [0.15, 0.2) is 42.5 Å². The molecule has 4 nitrogen and oxygen atoms in total. The maximum Gasteiger partial charge on any atom is 0.262 e. The van der Waals surface area contributed by atoms with E-state index in [0.717, 1.165) is 42.2 Å². The van der Waals surface area contributed by atoms with E-state index in [9.17, 15) is 4.79 Å². The van der Waals surface area contributed by atoms with Crippen LogP contribution in [0.25, 0.3) is 0 Å². The molecule has 2 rings (SSSR count). The molecule has 1 amide bonds. The first-order chi connectivity index (χ1) is 12.0. The zero-order valence-electron chi connectivity index (χ0n) is 15.6. The van der Waals surface area contributed by atoms with Gasteiger partial charge in [-0.1, -0.05) is 38.1 Å². The van der Waals surface area contributed by atoms with Crippen LogP contribution < -0.4 is 10.1 Å². The Kier molecular flexibility index (Phi) is 7.02. The lowest BCUT2D eigenvalue weighted by Crippen LogP contribution is -2.22. The Morgan fingerprint density at radius 1 is 1.04 bits per heavy atom.